The molecule has 0 saturated heterocycles. The van der Waals surface area contributed by atoms with Crippen molar-refractivity contribution in [2.75, 3.05) is 12.4 Å². The molecule has 25 heavy (non-hydrogen) atoms. The van der Waals surface area contributed by atoms with Gasteiger partial charge in [-0.2, -0.15) is 0 Å². The van der Waals surface area contributed by atoms with Gasteiger partial charge in [0.1, 0.15) is 0 Å². The summed E-state index contributed by atoms with van der Waals surface area (Å²) >= 11 is 0. The molecule has 0 aliphatic heterocycles. The number of hydrogen-bond donors (Lipinski definition) is 0. The molecule has 2 rings (SSSR count). The molecule has 0 amide bonds. The number of sulfone groups is 1. The molecule has 3 nitrogen and oxygen atoms in total. The zero-order valence-corrected chi connectivity index (χ0v) is 16.6. The lowest BCUT2D eigenvalue weighted by atomic mass is 9.80. The quantitative estimate of drug-likeness (QED) is 0.547. The van der Waals surface area contributed by atoms with Crippen LogP contribution in [-0.4, -0.2) is 26.0 Å². The lowest BCUT2D eigenvalue weighted by Gasteiger charge is -2.28. The minimum atomic E-state index is -2.88. The van der Waals surface area contributed by atoms with Crippen molar-refractivity contribution in [3.05, 3.63) is 35.9 Å². The maximum atomic E-state index is 12.0. The number of benzene rings is 1. The fourth-order valence-corrected chi connectivity index (χ4v) is 4.98. The van der Waals surface area contributed by atoms with Crippen LogP contribution in [0.3, 0.4) is 0 Å². The molecule has 0 spiro atoms. The minimum Gasteiger partial charge on any atom is -0.377 e. The summed E-state index contributed by atoms with van der Waals surface area (Å²) in [4.78, 5) is 0. The summed E-state index contributed by atoms with van der Waals surface area (Å²) in [6.45, 7) is 5.12. The number of hydrogen-bond acceptors (Lipinski definition) is 3. The van der Waals surface area contributed by atoms with Crippen molar-refractivity contribution >= 4 is 9.84 Å². The zero-order chi connectivity index (χ0) is 18.1. The molecular weight excluding hydrogens is 332 g/mol. The van der Waals surface area contributed by atoms with E-state index in [0.717, 1.165) is 31.8 Å². The molecule has 0 bridgehead atoms. The second kappa shape index (κ2) is 10.3. The highest BCUT2D eigenvalue weighted by atomic mass is 32.2. The summed E-state index contributed by atoms with van der Waals surface area (Å²) in [5, 5.41) is -0.235. The van der Waals surface area contributed by atoms with Gasteiger partial charge in [-0.1, -0.05) is 56.0 Å². The Hall–Kier alpha value is -0.870. The predicted molar refractivity (Wildman–Crippen MR) is 104 cm³/mol. The van der Waals surface area contributed by atoms with Gasteiger partial charge in [-0.3, -0.25) is 0 Å². The van der Waals surface area contributed by atoms with Crippen LogP contribution in [0.1, 0.15) is 64.4 Å². The van der Waals surface area contributed by atoms with E-state index >= 15 is 0 Å². The molecule has 1 aromatic rings. The minimum absolute atomic E-state index is 0.235. The Labute approximate surface area is 154 Å². The second-order valence-corrected chi connectivity index (χ2v) is 10.4. The first-order valence-electron chi connectivity index (χ1n) is 9.80. The lowest BCUT2D eigenvalue weighted by molar-refractivity contribution is 0.115. The van der Waals surface area contributed by atoms with Crippen molar-refractivity contribution < 1.29 is 13.2 Å². The van der Waals surface area contributed by atoms with Crippen molar-refractivity contribution in [1.29, 1.82) is 0 Å². The van der Waals surface area contributed by atoms with Gasteiger partial charge >= 0.3 is 0 Å². The highest BCUT2D eigenvalue weighted by Gasteiger charge is 2.26. The summed E-state index contributed by atoms with van der Waals surface area (Å²) in [5.74, 6) is 1.56. The molecule has 1 aromatic carbocycles. The van der Waals surface area contributed by atoms with E-state index in [1.807, 2.05) is 18.2 Å². The van der Waals surface area contributed by atoms with E-state index in [9.17, 15) is 8.42 Å². The van der Waals surface area contributed by atoms with E-state index in [0.29, 0.717) is 18.3 Å². The fraction of sp³-hybridized carbons (Fsp3) is 0.714. The summed E-state index contributed by atoms with van der Waals surface area (Å²) in [6.07, 6.45) is 8.16. The van der Waals surface area contributed by atoms with Gasteiger partial charge in [0.2, 0.25) is 0 Å². The Morgan fingerprint density at radius 2 is 1.64 bits per heavy atom. The van der Waals surface area contributed by atoms with Gasteiger partial charge in [0, 0.05) is 6.61 Å². The van der Waals surface area contributed by atoms with Gasteiger partial charge in [-0.15, -0.1) is 0 Å². The van der Waals surface area contributed by atoms with Crippen LogP contribution in [0.5, 0.6) is 0 Å². The topological polar surface area (TPSA) is 43.4 Å². The fourth-order valence-electron chi connectivity index (χ4n) is 3.61. The molecule has 0 unspecified atom stereocenters. The van der Waals surface area contributed by atoms with E-state index in [4.69, 9.17) is 4.74 Å². The van der Waals surface area contributed by atoms with E-state index in [1.165, 1.54) is 31.2 Å². The number of rotatable bonds is 10. The smallest absolute Gasteiger partial charge is 0.152 e. The molecule has 0 heterocycles. The Morgan fingerprint density at radius 3 is 2.28 bits per heavy atom. The SMILES string of the molecule is CC(C)S(=O)(=O)CC1CCC(CCCCOCc2ccccc2)CC1. The third-order valence-corrected chi connectivity index (χ3v) is 7.79. The van der Waals surface area contributed by atoms with Crippen LogP contribution in [0.2, 0.25) is 0 Å². The van der Waals surface area contributed by atoms with Gasteiger partial charge in [0.25, 0.3) is 0 Å². The highest BCUT2D eigenvalue weighted by molar-refractivity contribution is 7.91. The van der Waals surface area contributed by atoms with Crippen molar-refractivity contribution in [1.82, 2.24) is 0 Å². The predicted octanol–water partition coefficient (Wildman–Crippen LogP) is 5.00. The molecular formula is C21H34O3S. The lowest BCUT2D eigenvalue weighted by Crippen LogP contribution is -2.26. The summed E-state index contributed by atoms with van der Waals surface area (Å²) in [6, 6.07) is 10.3. The van der Waals surface area contributed by atoms with Crippen molar-refractivity contribution in [2.24, 2.45) is 11.8 Å². The van der Waals surface area contributed by atoms with Crippen LogP contribution in [0.15, 0.2) is 30.3 Å². The Morgan fingerprint density at radius 1 is 1.00 bits per heavy atom. The van der Waals surface area contributed by atoms with E-state index in [2.05, 4.69) is 12.1 Å². The van der Waals surface area contributed by atoms with Crippen LogP contribution in [0.4, 0.5) is 0 Å². The Kier molecular flexibility index (Phi) is 8.44. The van der Waals surface area contributed by atoms with E-state index in [1.54, 1.807) is 13.8 Å². The van der Waals surface area contributed by atoms with Gasteiger partial charge < -0.3 is 4.74 Å². The number of ether oxygens (including phenoxy) is 1. The largest absolute Gasteiger partial charge is 0.377 e. The molecule has 1 saturated carbocycles. The maximum Gasteiger partial charge on any atom is 0.152 e. The van der Waals surface area contributed by atoms with Crippen LogP contribution < -0.4 is 0 Å². The third-order valence-electron chi connectivity index (χ3n) is 5.42. The molecule has 0 aromatic heterocycles. The van der Waals surface area contributed by atoms with Gasteiger partial charge in [-0.05, 0) is 50.5 Å². The molecule has 4 heteroatoms. The van der Waals surface area contributed by atoms with Gasteiger partial charge in [0.15, 0.2) is 9.84 Å². The molecule has 0 atom stereocenters. The molecule has 0 radical (unpaired) electrons. The van der Waals surface area contributed by atoms with E-state index < -0.39 is 9.84 Å². The molecule has 142 valence electrons. The third kappa shape index (κ3) is 7.49. The molecule has 0 N–H and O–H groups in total. The average molecular weight is 367 g/mol. The first-order valence-corrected chi connectivity index (χ1v) is 11.5. The second-order valence-electron chi connectivity index (χ2n) is 7.80. The average Bonchev–Trinajstić information content (AvgIpc) is 2.60. The monoisotopic (exact) mass is 366 g/mol. The van der Waals surface area contributed by atoms with E-state index in [-0.39, 0.29) is 5.25 Å². The Bertz CT molecular complexity index is 572. The molecule has 1 fully saturated rings. The summed E-state index contributed by atoms with van der Waals surface area (Å²) in [5.41, 5.74) is 1.23. The van der Waals surface area contributed by atoms with Crippen LogP contribution >= 0.6 is 0 Å². The van der Waals surface area contributed by atoms with Crippen LogP contribution in [0.25, 0.3) is 0 Å². The van der Waals surface area contributed by atoms with Crippen LogP contribution in [0, 0.1) is 11.8 Å². The van der Waals surface area contributed by atoms with Crippen molar-refractivity contribution in [3.8, 4) is 0 Å². The molecule has 1 aliphatic carbocycles. The van der Waals surface area contributed by atoms with Crippen molar-refractivity contribution in [3.63, 3.8) is 0 Å². The highest BCUT2D eigenvalue weighted by Crippen LogP contribution is 2.33. The first-order chi connectivity index (χ1) is 12.0. The first kappa shape index (κ1) is 20.4. The van der Waals surface area contributed by atoms with Crippen LogP contribution in [-0.2, 0) is 21.2 Å². The standard InChI is InChI=1S/C21H34O3S/c1-18(2)25(22,23)17-21-13-11-19(12-14-21)8-6-7-15-24-16-20-9-4-3-5-10-20/h3-5,9-10,18-19,21H,6-8,11-17H2,1-2H3. The van der Waals surface area contributed by atoms with Crippen molar-refractivity contribution in [2.45, 2.75) is 70.7 Å². The summed E-state index contributed by atoms with van der Waals surface area (Å²) < 4.78 is 29.8. The maximum absolute atomic E-state index is 12.0. The normalized spacial score (nSPS) is 21.6. The zero-order valence-electron chi connectivity index (χ0n) is 15.8. The molecule has 1 aliphatic rings. The van der Waals surface area contributed by atoms with Gasteiger partial charge in [-0.25, -0.2) is 8.42 Å². The Balaban J connectivity index is 1.52. The van der Waals surface area contributed by atoms with Gasteiger partial charge in [0.05, 0.1) is 17.6 Å². The number of unbranched alkanes of at least 4 members (excludes halogenated alkanes) is 1. The summed E-state index contributed by atoms with van der Waals surface area (Å²) in [7, 11) is -2.88.